The van der Waals surface area contributed by atoms with Crippen LogP contribution < -0.4 is 10.6 Å². The highest BCUT2D eigenvalue weighted by Gasteiger charge is 2.12. The summed E-state index contributed by atoms with van der Waals surface area (Å²) in [5, 5.41) is 4.72. The van der Waals surface area contributed by atoms with E-state index in [1.54, 1.807) is 0 Å². The van der Waals surface area contributed by atoms with Gasteiger partial charge in [-0.25, -0.2) is 4.39 Å². The van der Waals surface area contributed by atoms with Crippen LogP contribution >= 0.6 is 0 Å². The maximum Gasteiger partial charge on any atom is 0.313 e. The van der Waals surface area contributed by atoms with Crippen LogP contribution in [0, 0.1) is 5.82 Å². The molecular weight excluding hydrogens is 211 g/mol. The number of halogens is 1. The lowest BCUT2D eigenvalue weighted by Crippen LogP contribution is -2.35. The first-order valence-electron chi connectivity index (χ1n) is 4.98. The van der Waals surface area contributed by atoms with Gasteiger partial charge in [-0.2, -0.15) is 0 Å². The zero-order valence-electron chi connectivity index (χ0n) is 8.92. The highest BCUT2D eigenvalue weighted by Crippen LogP contribution is 2.08. The summed E-state index contributed by atoms with van der Waals surface area (Å²) in [4.78, 5) is 22.5. The molecule has 0 saturated carbocycles. The quantitative estimate of drug-likeness (QED) is 0.760. The molecule has 0 heterocycles. The fourth-order valence-electron chi connectivity index (χ4n) is 1.07. The summed E-state index contributed by atoms with van der Waals surface area (Å²) in [6.45, 7) is 2.32. The van der Waals surface area contributed by atoms with Crippen molar-refractivity contribution >= 4 is 17.5 Å². The van der Waals surface area contributed by atoms with Gasteiger partial charge in [-0.05, 0) is 24.6 Å². The molecule has 0 aliphatic carbocycles. The Bertz CT molecular complexity index is 393. The van der Waals surface area contributed by atoms with Crippen molar-refractivity contribution in [3.05, 3.63) is 30.1 Å². The summed E-state index contributed by atoms with van der Waals surface area (Å²) in [7, 11) is 0. The van der Waals surface area contributed by atoms with Crippen LogP contribution in [0.25, 0.3) is 0 Å². The second-order valence-corrected chi connectivity index (χ2v) is 3.22. The SMILES string of the molecule is CCCNC(=O)C(=O)Nc1cccc(F)c1. The summed E-state index contributed by atoms with van der Waals surface area (Å²) in [5.74, 6) is -1.98. The predicted molar refractivity (Wildman–Crippen MR) is 58.3 cm³/mol. The van der Waals surface area contributed by atoms with Gasteiger partial charge in [0.05, 0.1) is 0 Å². The molecule has 1 rings (SSSR count). The summed E-state index contributed by atoms with van der Waals surface area (Å²) >= 11 is 0. The van der Waals surface area contributed by atoms with E-state index >= 15 is 0 Å². The van der Waals surface area contributed by atoms with E-state index in [1.807, 2.05) is 6.92 Å². The number of hydrogen-bond donors (Lipinski definition) is 2. The van der Waals surface area contributed by atoms with Gasteiger partial charge in [0.2, 0.25) is 0 Å². The van der Waals surface area contributed by atoms with Crippen molar-refractivity contribution in [1.29, 1.82) is 0 Å². The van der Waals surface area contributed by atoms with Crippen LogP contribution in [0.1, 0.15) is 13.3 Å². The number of nitrogens with one attached hydrogen (secondary N) is 2. The van der Waals surface area contributed by atoms with E-state index in [4.69, 9.17) is 0 Å². The van der Waals surface area contributed by atoms with Crippen LogP contribution in [0.2, 0.25) is 0 Å². The Hall–Kier alpha value is -1.91. The molecule has 0 fully saturated rings. The molecule has 0 atom stereocenters. The topological polar surface area (TPSA) is 58.2 Å². The van der Waals surface area contributed by atoms with E-state index in [0.29, 0.717) is 6.54 Å². The Morgan fingerprint density at radius 3 is 2.69 bits per heavy atom. The highest BCUT2D eigenvalue weighted by atomic mass is 19.1. The Balaban J connectivity index is 2.54. The fourth-order valence-corrected chi connectivity index (χ4v) is 1.07. The lowest BCUT2D eigenvalue weighted by atomic mass is 10.3. The normalized spacial score (nSPS) is 9.62. The molecule has 2 N–H and O–H groups in total. The minimum Gasteiger partial charge on any atom is -0.348 e. The van der Waals surface area contributed by atoms with Crippen LogP contribution in [0.15, 0.2) is 24.3 Å². The Labute approximate surface area is 92.8 Å². The van der Waals surface area contributed by atoms with Gasteiger partial charge in [-0.1, -0.05) is 13.0 Å². The van der Waals surface area contributed by atoms with E-state index in [2.05, 4.69) is 10.6 Å². The number of amides is 2. The summed E-state index contributed by atoms with van der Waals surface area (Å²) in [5.41, 5.74) is 0.261. The van der Waals surface area contributed by atoms with Crippen molar-refractivity contribution in [3.63, 3.8) is 0 Å². The van der Waals surface area contributed by atoms with Crippen molar-refractivity contribution in [2.45, 2.75) is 13.3 Å². The molecule has 1 aromatic carbocycles. The average Bonchev–Trinajstić information content (AvgIpc) is 2.25. The molecule has 86 valence electrons. The molecule has 0 unspecified atom stereocenters. The van der Waals surface area contributed by atoms with Gasteiger partial charge in [0.25, 0.3) is 0 Å². The predicted octanol–water partition coefficient (Wildman–Crippen LogP) is 1.29. The number of anilines is 1. The minimum atomic E-state index is -0.793. The Morgan fingerprint density at radius 2 is 2.06 bits per heavy atom. The van der Waals surface area contributed by atoms with Gasteiger partial charge in [0.1, 0.15) is 5.82 Å². The van der Waals surface area contributed by atoms with Crippen LogP contribution in [0.5, 0.6) is 0 Å². The molecule has 0 aromatic heterocycles. The van der Waals surface area contributed by atoms with Gasteiger partial charge in [-0.3, -0.25) is 9.59 Å². The minimum absolute atomic E-state index is 0.261. The zero-order chi connectivity index (χ0) is 12.0. The third kappa shape index (κ3) is 3.68. The molecule has 0 saturated heterocycles. The lowest BCUT2D eigenvalue weighted by Gasteiger charge is -2.05. The fraction of sp³-hybridized carbons (Fsp3) is 0.273. The summed E-state index contributed by atoms with van der Waals surface area (Å²) in [6, 6.07) is 5.36. The summed E-state index contributed by atoms with van der Waals surface area (Å²) < 4.78 is 12.8. The van der Waals surface area contributed by atoms with E-state index in [1.165, 1.54) is 18.2 Å². The molecule has 16 heavy (non-hydrogen) atoms. The molecule has 0 bridgehead atoms. The van der Waals surface area contributed by atoms with E-state index < -0.39 is 17.6 Å². The van der Waals surface area contributed by atoms with E-state index in [-0.39, 0.29) is 5.69 Å². The van der Waals surface area contributed by atoms with Crippen LogP contribution in [0.3, 0.4) is 0 Å². The van der Waals surface area contributed by atoms with Crippen LogP contribution in [-0.4, -0.2) is 18.4 Å². The van der Waals surface area contributed by atoms with Gasteiger partial charge in [0.15, 0.2) is 0 Å². The number of benzene rings is 1. The molecule has 4 nitrogen and oxygen atoms in total. The maximum absolute atomic E-state index is 12.8. The lowest BCUT2D eigenvalue weighted by molar-refractivity contribution is -0.136. The standard InChI is InChI=1S/C11H13FN2O2/c1-2-6-13-10(15)11(16)14-9-5-3-4-8(12)7-9/h3-5,7H,2,6H2,1H3,(H,13,15)(H,14,16). The van der Waals surface area contributed by atoms with Gasteiger partial charge in [-0.15, -0.1) is 0 Å². The first-order valence-corrected chi connectivity index (χ1v) is 4.98. The molecule has 0 aliphatic heterocycles. The van der Waals surface area contributed by atoms with E-state index in [9.17, 15) is 14.0 Å². The van der Waals surface area contributed by atoms with Crippen molar-refractivity contribution in [2.75, 3.05) is 11.9 Å². The monoisotopic (exact) mass is 224 g/mol. The van der Waals surface area contributed by atoms with Crippen molar-refractivity contribution in [2.24, 2.45) is 0 Å². The number of hydrogen-bond acceptors (Lipinski definition) is 2. The third-order valence-corrected chi connectivity index (χ3v) is 1.82. The smallest absolute Gasteiger partial charge is 0.313 e. The van der Waals surface area contributed by atoms with Gasteiger partial charge >= 0.3 is 11.8 Å². The molecule has 0 spiro atoms. The van der Waals surface area contributed by atoms with Crippen molar-refractivity contribution in [1.82, 2.24) is 5.32 Å². The molecule has 0 aliphatic rings. The molecule has 0 radical (unpaired) electrons. The third-order valence-electron chi connectivity index (χ3n) is 1.82. The molecule has 5 heteroatoms. The second-order valence-electron chi connectivity index (χ2n) is 3.22. The van der Waals surface area contributed by atoms with E-state index in [0.717, 1.165) is 12.5 Å². The van der Waals surface area contributed by atoms with Crippen molar-refractivity contribution < 1.29 is 14.0 Å². The largest absolute Gasteiger partial charge is 0.348 e. The maximum atomic E-state index is 12.8. The molecule has 2 amide bonds. The number of carbonyl (C=O) groups excluding carboxylic acids is 2. The number of carbonyl (C=O) groups is 2. The Kier molecular flexibility index (Phi) is 4.44. The van der Waals surface area contributed by atoms with Crippen molar-refractivity contribution in [3.8, 4) is 0 Å². The second kappa shape index (κ2) is 5.85. The van der Waals surface area contributed by atoms with Gasteiger partial charge < -0.3 is 10.6 Å². The molecule has 1 aromatic rings. The highest BCUT2D eigenvalue weighted by molar-refractivity contribution is 6.39. The number of rotatable bonds is 3. The summed E-state index contributed by atoms with van der Waals surface area (Å²) in [6.07, 6.45) is 0.749. The van der Waals surface area contributed by atoms with Crippen LogP contribution in [0.4, 0.5) is 10.1 Å². The first kappa shape index (κ1) is 12.2. The average molecular weight is 224 g/mol. The Morgan fingerprint density at radius 1 is 1.31 bits per heavy atom. The zero-order valence-corrected chi connectivity index (χ0v) is 8.92. The molecular formula is C11H13FN2O2. The van der Waals surface area contributed by atoms with Crippen LogP contribution in [-0.2, 0) is 9.59 Å². The van der Waals surface area contributed by atoms with Gasteiger partial charge in [0, 0.05) is 12.2 Å². The first-order chi connectivity index (χ1) is 7.63.